The molecule has 32 heavy (non-hydrogen) atoms. The van der Waals surface area contributed by atoms with E-state index in [-0.39, 0.29) is 13.0 Å². The molecular weight excluding hydrogens is 408 g/mol. The highest BCUT2D eigenvalue weighted by Gasteiger charge is 2.34. The zero-order valence-electron chi connectivity index (χ0n) is 17.5. The van der Waals surface area contributed by atoms with Crippen LogP contribution in [0.25, 0.3) is 0 Å². The van der Waals surface area contributed by atoms with Crippen LogP contribution in [0, 0.1) is 5.92 Å². The molecule has 4 amide bonds. The Bertz CT molecular complexity index is 1040. The van der Waals surface area contributed by atoms with Gasteiger partial charge in [0.15, 0.2) is 11.5 Å². The van der Waals surface area contributed by atoms with Gasteiger partial charge in [-0.1, -0.05) is 67.8 Å². The van der Waals surface area contributed by atoms with E-state index in [1.165, 1.54) is 0 Å². The molecule has 1 saturated heterocycles. The first-order chi connectivity index (χ1) is 15.5. The number of benzene rings is 2. The summed E-state index contributed by atoms with van der Waals surface area (Å²) in [6.45, 7) is 8.03. The minimum Gasteiger partial charge on any atom is -0.485 e. The summed E-state index contributed by atoms with van der Waals surface area (Å²) >= 11 is 0. The van der Waals surface area contributed by atoms with Gasteiger partial charge in [-0.2, -0.15) is 0 Å². The van der Waals surface area contributed by atoms with Crippen LogP contribution in [0.5, 0.6) is 11.5 Å². The van der Waals surface area contributed by atoms with Gasteiger partial charge in [-0.05, 0) is 35.3 Å². The van der Waals surface area contributed by atoms with Crippen molar-refractivity contribution in [3.8, 4) is 11.5 Å². The van der Waals surface area contributed by atoms with E-state index in [1.54, 1.807) is 36.4 Å². The summed E-state index contributed by atoms with van der Waals surface area (Å²) in [4.78, 5) is 35.4. The van der Waals surface area contributed by atoms with Gasteiger partial charge in [0.25, 0.3) is 0 Å². The molecule has 1 aliphatic heterocycles. The summed E-state index contributed by atoms with van der Waals surface area (Å²) in [6, 6.07) is 14.1. The molecule has 2 N–H and O–H groups in total. The zero-order chi connectivity index (χ0) is 22.9. The molecule has 2 aromatic rings. The number of hydrogen-bond donors (Lipinski definition) is 2. The minimum absolute atomic E-state index is 0.108. The lowest BCUT2D eigenvalue weighted by Crippen LogP contribution is -2.56. The Balaban J connectivity index is 1.81. The van der Waals surface area contributed by atoms with E-state index in [4.69, 9.17) is 9.47 Å². The lowest BCUT2D eigenvalue weighted by Gasteiger charge is -2.21. The second kappa shape index (κ2) is 10.8. The van der Waals surface area contributed by atoms with Crippen molar-refractivity contribution in [2.24, 2.45) is 5.92 Å². The molecule has 0 saturated carbocycles. The molecule has 3 rings (SSSR count). The second-order valence-corrected chi connectivity index (χ2v) is 7.09. The van der Waals surface area contributed by atoms with Crippen LogP contribution in [0.2, 0.25) is 0 Å². The van der Waals surface area contributed by atoms with E-state index < -0.39 is 23.8 Å². The minimum atomic E-state index is -1.01. The summed E-state index contributed by atoms with van der Waals surface area (Å²) in [5.74, 6) is -1.29. The first-order valence-corrected chi connectivity index (χ1v) is 10.0. The highest BCUT2D eigenvalue weighted by Crippen LogP contribution is 2.31. The molecule has 7 heteroatoms. The summed E-state index contributed by atoms with van der Waals surface area (Å²) < 4.78 is 11.9. The highest BCUT2D eigenvalue weighted by molar-refractivity contribution is 6.16. The van der Waals surface area contributed by atoms with Crippen molar-refractivity contribution in [1.29, 1.82) is 0 Å². The summed E-state index contributed by atoms with van der Waals surface area (Å²) in [5, 5.41) is 4.23. The Kier molecular flexibility index (Phi) is 7.59. The largest absolute Gasteiger partial charge is 0.485 e. The third-order valence-corrected chi connectivity index (χ3v) is 4.78. The normalized spacial score (nSPS) is 14.4. The summed E-state index contributed by atoms with van der Waals surface area (Å²) in [6.07, 6.45) is 5.21. The van der Waals surface area contributed by atoms with Gasteiger partial charge in [-0.15, -0.1) is 0 Å². The smallest absolute Gasteiger partial charge is 0.328 e. The maximum absolute atomic E-state index is 12.1. The first kappa shape index (κ1) is 22.6. The van der Waals surface area contributed by atoms with Crippen molar-refractivity contribution in [3.63, 3.8) is 0 Å². The van der Waals surface area contributed by atoms with Crippen molar-refractivity contribution >= 4 is 17.8 Å². The SMILES string of the molecule is C=C/C=C(\C=C)COc1cc(CC2C(=O)NC(=O)NC2=O)ccc1OCc1ccccc1. The quantitative estimate of drug-likeness (QED) is 0.443. The van der Waals surface area contributed by atoms with E-state index in [2.05, 4.69) is 23.8 Å². The molecule has 7 nitrogen and oxygen atoms in total. The molecule has 0 aromatic heterocycles. The number of urea groups is 1. The number of ether oxygens (including phenoxy) is 2. The maximum atomic E-state index is 12.1. The van der Waals surface area contributed by atoms with Crippen LogP contribution in [-0.2, 0) is 22.6 Å². The van der Waals surface area contributed by atoms with Gasteiger partial charge >= 0.3 is 6.03 Å². The third-order valence-electron chi connectivity index (χ3n) is 4.78. The number of nitrogens with one attached hydrogen (secondary N) is 2. The highest BCUT2D eigenvalue weighted by atomic mass is 16.5. The number of carbonyl (C=O) groups is 3. The van der Waals surface area contributed by atoms with E-state index in [0.717, 1.165) is 11.1 Å². The number of imide groups is 2. The first-order valence-electron chi connectivity index (χ1n) is 10.0. The van der Waals surface area contributed by atoms with Crippen LogP contribution >= 0.6 is 0 Å². The third kappa shape index (κ3) is 5.95. The molecule has 0 atom stereocenters. The van der Waals surface area contributed by atoms with E-state index in [1.807, 2.05) is 30.3 Å². The molecule has 164 valence electrons. The molecule has 0 unspecified atom stereocenters. The maximum Gasteiger partial charge on any atom is 0.328 e. The Hall–Kier alpha value is -4.13. The molecule has 0 radical (unpaired) electrons. The van der Waals surface area contributed by atoms with E-state index >= 15 is 0 Å². The van der Waals surface area contributed by atoms with Crippen molar-refractivity contribution < 1.29 is 23.9 Å². The van der Waals surface area contributed by atoms with Crippen molar-refractivity contribution in [1.82, 2.24) is 10.6 Å². The number of amides is 4. The van der Waals surface area contributed by atoms with Gasteiger partial charge in [-0.25, -0.2) is 4.79 Å². The molecule has 1 aliphatic rings. The van der Waals surface area contributed by atoms with E-state index in [9.17, 15) is 14.4 Å². The predicted molar refractivity (Wildman–Crippen MR) is 120 cm³/mol. The average Bonchev–Trinajstić information content (AvgIpc) is 2.79. The van der Waals surface area contributed by atoms with Crippen molar-refractivity contribution in [2.45, 2.75) is 13.0 Å². The zero-order valence-corrected chi connectivity index (χ0v) is 17.5. The van der Waals surface area contributed by atoms with E-state index in [0.29, 0.717) is 23.7 Å². The fraction of sp³-hybridized carbons (Fsp3) is 0.160. The second-order valence-electron chi connectivity index (χ2n) is 7.09. The number of hydrogen-bond acceptors (Lipinski definition) is 5. The van der Waals surface area contributed by atoms with Gasteiger partial charge in [0.05, 0.1) is 0 Å². The van der Waals surface area contributed by atoms with Crippen molar-refractivity contribution in [3.05, 3.63) is 96.6 Å². The van der Waals surface area contributed by atoms with Crippen molar-refractivity contribution in [2.75, 3.05) is 6.61 Å². The van der Waals surface area contributed by atoms with Crippen LogP contribution in [0.4, 0.5) is 4.79 Å². The van der Waals surface area contributed by atoms with Gasteiger partial charge in [0.2, 0.25) is 11.8 Å². The lowest BCUT2D eigenvalue weighted by atomic mass is 9.96. The molecule has 1 heterocycles. The van der Waals surface area contributed by atoms with Crippen LogP contribution < -0.4 is 20.1 Å². The van der Waals surface area contributed by atoms with Crippen LogP contribution in [0.3, 0.4) is 0 Å². The Morgan fingerprint density at radius 1 is 0.906 bits per heavy atom. The molecule has 0 bridgehead atoms. The fourth-order valence-corrected chi connectivity index (χ4v) is 3.10. The topological polar surface area (TPSA) is 93.7 Å². The Labute approximate surface area is 186 Å². The fourth-order valence-electron chi connectivity index (χ4n) is 3.10. The molecular formula is C25H24N2O5. The predicted octanol–water partition coefficient (Wildman–Crippen LogP) is 3.47. The number of carbonyl (C=O) groups excluding carboxylic acids is 3. The van der Waals surface area contributed by atoms with Gasteiger partial charge in [-0.3, -0.25) is 20.2 Å². The van der Waals surface area contributed by atoms with Gasteiger partial charge < -0.3 is 9.47 Å². The molecule has 0 spiro atoms. The van der Waals surface area contributed by atoms with Crippen LogP contribution in [0.1, 0.15) is 11.1 Å². The number of rotatable bonds is 10. The van der Waals surface area contributed by atoms with Crippen LogP contribution in [-0.4, -0.2) is 24.5 Å². The Morgan fingerprint density at radius 2 is 1.62 bits per heavy atom. The lowest BCUT2D eigenvalue weighted by molar-refractivity contribution is -0.135. The molecule has 1 fully saturated rings. The number of barbiturate groups is 1. The molecule has 0 aliphatic carbocycles. The monoisotopic (exact) mass is 432 g/mol. The standard InChI is InChI=1S/C25H24N2O5/c1-3-8-17(4-2)15-32-22-14-19(13-20-23(28)26-25(30)27-24(20)29)11-12-21(22)31-16-18-9-6-5-7-10-18/h3-12,14,20H,1-2,13,15-16H2,(H2,26,27,28,29,30)/b17-8+. The van der Waals surface area contributed by atoms with Gasteiger partial charge in [0, 0.05) is 0 Å². The number of allylic oxidation sites excluding steroid dienone is 2. The van der Waals surface area contributed by atoms with Crippen LogP contribution in [0.15, 0.2) is 85.5 Å². The Morgan fingerprint density at radius 3 is 2.28 bits per heavy atom. The average molecular weight is 432 g/mol. The molecule has 2 aromatic carbocycles. The summed E-state index contributed by atoms with van der Waals surface area (Å²) in [7, 11) is 0. The summed E-state index contributed by atoms with van der Waals surface area (Å²) in [5.41, 5.74) is 2.51. The van der Waals surface area contributed by atoms with Gasteiger partial charge in [0.1, 0.15) is 19.1 Å².